The maximum Gasteiger partial charge on any atom is 0.168 e. The highest BCUT2D eigenvalue weighted by Crippen LogP contribution is 2.46. The minimum Gasteiger partial charge on any atom is -0.275 e. The summed E-state index contributed by atoms with van der Waals surface area (Å²) in [6, 6.07) is 80.3. The topological polar surface area (TPSA) is 61.4 Å². The molecule has 8 aromatic carbocycles. The average molecular weight is 759 g/mol. The Bertz CT molecular complexity index is 2720. The molecule has 6 heteroatoms. The lowest BCUT2D eigenvalue weighted by Crippen LogP contribution is -2.31. The number of benzene rings is 8. The monoisotopic (exact) mass is 758 g/mol. The van der Waals surface area contributed by atoms with Crippen LogP contribution >= 0.6 is 0 Å². The van der Waals surface area contributed by atoms with Gasteiger partial charge >= 0.3 is 0 Å². The second-order valence-corrected chi connectivity index (χ2v) is 14.4. The van der Waals surface area contributed by atoms with E-state index in [4.69, 9.17) is 20.4 Å². The molecule has 0 aliphatic carbocycles. The number of nitrogens with zero attached hydrogens (tertiary/aromatic N) is 6. The zero-order valence-electron chi connectivity index (χ0n) is 32.1. The first-order valence-electron chi connectivity index (χ1n) is 19.7. The fraction of sp³-hybridized carbons (Fsp3) is 0.0189. The molecule has 0 aliphatic heterocycles. The first-order chi connectivity index (χ1) is 29.3. The molecule has 280 valence electrons. The molecule has 0 unspecified atom stereocenters. The van der Waals surface area contributed by atoms with Gasteiger partial charge in [0.2, 0.25) is 0 Å². The van der Waals surface area contributed by atoms with Crippen LogP contribution < -0.4 is 0 Å². The minimum absolute atomic E-state index is 0.663. The number of rotatable bonds is 10. The Morgan fingerprint density at radius 1 is 0.237 bits per heavy atom. The van der Waals surface area contributed by atoms with Crippen LogP contribution in [0.5, 0.6) is 0 Å². The quantitative estimate of drug-likeness (QED) is 0.130. The second kappa shape index (κ2) is 15.5. The lowest BCUT2D eigenvalue weighted by atomic mass is 9.65. The standard InChI is InChI=1S/C53H38N6/c1-7-19-39(20-8-1)49-54-56-51(58(49)47-27-15-5-16-28-47)41-31-35-45(36-32-41)53(43-23-11-3-12-24-43,44-25-13-4-14-26-44)46-37-33-42(34-38-46)52-57-55-50(40-21-9-2-10-22-40)59(52)48-29-17-6-18-30-48/h1-38H. The van der Waals surface area contributed by atoms with Crippen molar-refractivity contribution in [2.45, 2.75) is 5.41 Å². The van der Waals surface area contributed by atoms with Crippen LogP contribution in [0, 0.1) is 0 Å². The van der Waals surface area contributed by atoms with Crippen molar-refractivity contribution in [1.82, 2.24) is 29.5 Å². The molecule has 0 radical (unpaired) electrons. The first-order valence-corrected chi connectivity index (χ1v) is 19.7. The molecule has 0 saturated heterocycles. The Morgan fingerprint density at radius 3 is 0.780 bits per heavy atom. The molecule has 10 rings (SSSR count). The maximum absolute atomic E-state index is 4.79. The summed E-state index contributed by atoms with van der Waals surface area (Å²) >= 11 is 0. The summed E-state index contributed by atoms with van der Waals surface area (Å²) in [5.74, 6) is 3.12. The van der Waals surface area contributed by atoms with Gasteiger partial charge in [-0.25, -0.2) is 0 Å². The Hall–Kier alpha value is -7.96. The molecule has 10 aromatic rings. The third kappa shape index (κ3) is 6.43. The molecule has 0 atom stereocenters. The molecule has 6 nitrogen and oxygen atoms in total. The fourth-order valence-corrected chi connectivity index (χ4v) is 8.25. The Morgan fingerprint density at radius 2 is 0.475 bits per heavy atom. The van der Waals surface area contributed by atoms with Crippen LogP contribution in [-0.2, 0) is 5.41 Å². The Kier molecular flexibility index (Phi) is 9.33. The van der Waals surface area contributed by atoms with Crippen molar-refractivity contribution in [2.24, 2.45) is 0 Å². The van der Waals surface area contributed by atoms with Gasteiger partial charge in [-0.1, -0.05) is 206 Å². The highest BCUT2D eigenvalue weighted by Gasteiger charge is 2.38. The molecule has 0 spiro atoms. The van der Waals surface area contributed by atoms with Gasteiger partial charge in [-0.15, -0.1) is 20.4 Å². The van der Waals surface area contributed by atoms with Crippen molar-refractivity contribution in [1.29, 1.82) is 0 Å². The molecule has 0 fully saturated rings. The van der Waals surface area contributed by atoms with Crippen LogP contribution in [0.4, 0.5) is 0 Å². The van der Waals surface area contributed by atoms with Gasteiger partial charge in [-0.3, -0.25) is 9.13 Å². The summed E-state index contributed by atoms with van der Waals surface area (Å²) in [5, 5.41) is 19.1. The van der Waals surface area contributed by atoms with Gasteiger partial charge in [0.15, 0.2) is 23.3 Å². The molecule has 0 saturated carbocycles. The van der Waals surface area contributed by atoms with Crippen LogP contribution in [0.2, 0.25) is 0 Å². The van der Waals surface area contributed by atoms with Gasteiger partial charge in [-0.05, 0) is 46.5 Å². The lowest BCUT2D eigenvalue weighted by Gasteiger charge is -2.37. The van der Waals surface area contributed by atoms with E-state index < -0.39 is 5.41 Å². The third-order valence-corrected chi connectivity index (χ3v) is 11.0. The van der Waals surface area contributed by atoms with Gasteiger partial charge in [0.1, 0.15) is 0 Å². The Labute approximate surface area is 343 Å². The number of aromatic nitrogens is 6. The summed E-state index contributed by atoms with van der Waals surface area (Å²) in [6.45, 7) is 0. The highest BCUT2D eigenvalue weighted by atomic mass is 15.3. The van der Waals surface area contributed by atoms with Crippen LogP contribution in [0.3, 0.4) is 0 Å². The van der Waals surface area contributed by atoms with Gasteiger partial charge in [0.25, 0.3) is 0 Å². The molecule has 2 aromatic heterocycles. The second-order valence-electron chi connectivity index (χ2n) is 14.4. The lowest BCUT2D eigenvalue weighted by molar-refractivity contribution is 0.745. The molecule has 59 heavy (non-hydrogen) atoms. The van der Waals surface area contributed by atoms with Gasteiger partial charge < -0.3 is 0 Å². The van der Waals surface area contributed by atoms with E-state index in [0.717, 1.165) is 79.2 Å². The van der Waals surface area contributed by atoms with E-state index >= 15 is 0 Å². The normalized spacial score (nSPS) is 11.4. The summed E-state index contributed by atoms with van der Waals surface area (Å²) in [5.41, 5.74) is 9.83. The number of hydrogen-bond acceptors (Lipinski definition) is 4. The minimum atomic E-state index is -0.663. The molecule has 2 heterocycles. The van der Waals surface area contributed by atoms with Crippen LogP contribution in [0.25, 0.3) is 56.9 Å². The van der Waals surface area contributed by atoms with E-state index in [0.29, 0.717) is 0 Å². The number of para-hydroxylation sites is 2. The van der Waals surface area contributed by atoms with E-state index in [1.165, 1.54) is 0 Å². The summed E-state index contributed by atoms with van der Waals surface area (Å²) in [6.07, 6.45) is 0. The average Bonchev–Trinajstić information content (AvgIpc) is 3.98. The predicted octanol–water partition coefficient (Wildman–Crippen LogP) is 11.9. The molecule has 0 bridgehead atoms. The van der Waals surface area contributed by atoms with E-state index in [-0.39, 0.29) is 0 Å². The first kappa shape index (κ1) is 35.5. The molecule has 0 aliphatic rings. The van der Waals surface area contributed by atoms with E-state index in [2.05, 4.69) is 167 Å². The van der Waals surface area contributed by atoms with E-state index in [9.17, 15) is 0 Å². The smallest absolute Gasteiger partial charge is 0.168 e. The maximum atomic E-state index is 4.79. The van der Waals surface area contributed by atoms with Crippen molar-refractivity contribution in [2.75, 3.05) is 0 Å². The van der Waals surface area contributed by atoms with Crippen LogP contribution in [-0.4, -0.2) is 29.5 Å². The number of hydrogen-bond donors (Lipinski definition) is 0. The Balaban J connectivity index is 1.13. The zero-order valence-corrected chi connectivity index (χ0v) is 32.1. The van der Waals surface area contributed by atoms with E-state index in [1.54, 1.807) is 0 Å². The zero-order chi connectivity index (χ0) is 39.4. The SMILES string of the molecule is c1ccc(-c2nnc(-c3ccc(C(c4ccccc4)(c4ccccc4)c4ccc(-c5nnc(-c6ccccc6)n5-c5ccccc5)cc4)cc3)n2-c2ccccc2)cc1. The summed E-state index contributed by atoms with van der Waals surface area (Å²) in [7, 11) is 0. The van der Waals surface area contributed by atoms with Crippen molar-refractivity contribution in [3.05, 3.63) is 253 Å². The third-order valence-electron chi connectivity index (χ3n) is 11.0. The fourth-order valence-electron chi connectivity index (χ4n) is 8.25. The molecular formula is C53H38N6. The predicted molar refractivity (Wildman–Crippen MR) is 236 cm³/mol. The highest BCUT2D eigenvalue weighted by molar-refractivity contribution is 5.71. The molecular weight excluding hydrogens is 721 g/mol. The van der Waals surface area contributed by atoms with Crippen molar-refractivity contribution < 1.29 is 0 Å². The van der Waals surface area contributed by atoms with Crippen molar-refractivity contribution >= 4 is 0 Å². The van der Waals surface area contributed by atoms with Gasteiger partial charge in [0, 0.05) is 33.6 Å². The summed E-state index contributed by atoms with van der Waals surface area (Å²) < 4.78 is 4.28. The largest absolute Gasteiger partial charge is 0.275 e. The van der Waals surface area contributed by atoms with Crippen molar-refractivity contribution in [3.8, 4) is 56.9 Å². The van der Waals surface area contributed by atoms with E-state index in [1.807, 2.05) is 72.8 Å². The van der Waals surface area contributed by atoms with Gasteiger partial charge in [-0.2, -0.15) is 0 Å². The van der Waals surface area contributed by atoms with Crippen LogP contribution in [0.15, 0.2) is 231 Å². The summed E-state index contributed by atoms with van der Waals surface area (Å²) in [4.78, 5) is 0. The van der Waals surface area contributed by atoms with Gasteiger partial charge in [0.05, 0.1) is 5.41 Å². The van der Waals surface area contributed by atoms with Crippen molar-refractivity contribution in [3.63, 3.8) is 0 Å². The molecule has 0 amide bonds. The van der Waals surface area contributed by atoms with Crippen LogP contribution in [0.1, 0.15) is 22.3 Å². The molecule has 0 N–H and O–H groups in total.